The number of carbonyl (C=O) groups excluding carboxylic acids is 1. The Labute approximate surface area is 123 Å². The van der Waals surface area contributed by atoms with Crippen LogP contribution in [-0.2, 0) is 19.9 Å². The Kier molecular flexibility index (Phi) is 3.85. The highest BCUT2D eigenvalue weighted by Gasteiger charge is 2.12. The van der Waals surface area contributed by atoms with E-state index in [9.17, 15) is 4.79 Å². The lowest BCUT2D eigenvalue weighted by molar-refractivity contribution is 0.0954. The molecule has 1 aromatic heterocycles. The van der Waals surface area contributed by atoms with Gasteiger partial charge in [0, 0.05) is 37.8 Å². The number of hydrogen-bond donors (Lipinski definition) is 2. The Balaban J connectivity index is 1.57. The molecule has 0 unspecified atom stereocenters. The van der Waals surface area contributed by atoms with Crippen LogP contribution in [0.15, 0.2) is 24.5 Å². The molecule has 110 valence electrons. The molecule has 0 radical (unpaired) electrons. The number of hydrogen-bond acceptors (Lipinski definition) is 4. The van der Waals surface area contributed by atoms with E-state index in [-0.39, 0.29) is 5.91 Å². The highest BCUT2D eigenvalue weighted by Crippen LogP contribution is 2.22. The van der Waals surface area contributed by atoms with Crippen molar-refractivity contribution in [3.05, 3.63) is 41.5 Å². The number of rotatable bonds is 4. The number of benzene rings is 1. The zero-order valence-electron chi connectivity index (χ0n) is 12.1. The molecule has 2 aromatic rings. The molecule has 1 aliphatic heterocycles. The molecule has 0 saturated heterocycles. The summed E-state index contributed by atoms with van der Waals surface area (Å²) in [6.45, 7) is 1.55. The lowest BCUT2D eigenvalue weighted by atomic mass is 10.0. The van der Waals surface area contributed by atoms with Crippen molar-refractivity contribution in [2.45, 2.75) is 19.3 Å². The third-order valence-electron chi connectivity index (χ3n) is 3.59. The first-order valence-electron chi connectivity index (χ1n) is 7.22. The smallest absolute Gasteiger partial charge is 0.251 e. The van der Waals surface area contributed by atoms with Crippen LogP contribution >= 0.6 is 0 Å². The van der Waals surface area contributed by atoms with Crippen LogP contribution in [0.25, 0.3) is 0 Å². The number of fused-ring (bicyclic) bond motifs is 1. The molecule has 2 heterocycles. The first kappa shape index (κ1) is 13.6. The van der Waals surface area contributed by atoms with Gasteiger partial charge < -0.3 is 10.6 Å². The van der Waals surface area contributed by atoms with Gasteiger partial charge in [-0.3, -0.25) is 9.48 Å². The number of nitrogens with one attached hydrogen (secondary N) is 2. The maximum Gasteiger partial charge on any atom is 0.251 e. The van der Waals surface area contributed by atoms with Crippen LogP contribution in [0.2, 0.25) is 0 Å². The molecule has 1 amide bonds. The van der Waals surface area contributed by atoms with E-state index >= 15 is 0 Å². The third kappa shape index (κ3) is 3.21. The van der Waals surface area contributed by atoms with Gasteiger partial charge in [0.05, 0.1) is 0 Å². The Morgan fingerprint density at radius 2 is 2.38 bits per heavy atom. The van der Waals surface area contributed by atoms with E-state index in [0.717, 1.165) is 30.9 Å². The summed E-state index contributed by atoms with van der Waals surface area (Å²) in [4.78, 5) is 16.3. The predicted molar refractivity (Wildman–Crippen MR) is 80.3 cm³/mol. The minimum absolute atomic E-state index is 0.0423. The fourth-order valence-electron chi connectivity index (χ4n) is 2.50. The lowest BCUT2D eigenvalue weighted by Gasteiger charge is -2.18. The molecule has 2 N–H and O–H groups in total. The number of anilines is 1. The third-order valence-corrected chi connectivity index (χ3v) is 3.59. The predicted octanol–water partition coefficient (Wildman–Crippen LogP) is 1.15. The van der Waals surface area contributed by atoms with E-state index in [4.69, 9.17) is 0 Å². The molecule has 1 aromatic carbocycles. The monoisotopic (exact) mass is 285 g/mol. The van der Waals surface area contributed by atoms with Crippen molar-refractivity contribution in [3.8, 4) is 0 Å². The fraction of sp³-hybridized carbons (Fsp3) is 0.400. The minimum atomic E-state index is -0.0423. The van der Waals surface area contributed by atoms with Crippen LogP contribution in [0.5, 0.6) is 0 Å². The first-order valence-corrected chi connectivity index (χ1v) is 7.22. The molecule has 0 atom stereocenters. The first-order chi connectivity index (χ1) is 10.2. The van der Waals surface area contributed by atoms with Gasteiger partial charge in [-0.2, -0.15) is 5.10 Å². The van der Waals surface area contributed by atoms with Crippen molar-refractivity contribution in [2.75, 3.05) is 18.4 Å². The molecule has 1 aliphatic rings. The zero-order chi connectivity index (χ0) is 14.7. The van der Waals surface area contributed by atoms with E-state index < -0.39 is 0 Å². The van der Waals surface area contributed by atoms with Crippen LogP contribution in [0.1, 0.15) is 28.2 Å². The van der Waals surface area contributed by atoms with Crippen LogP contribution < -0.4 is 10.6 Å². The summed E-state index contributed by atoms with van der Waals surface area (Å²) in [5.41, 5.74) is 3.09. The van der Waals surface area contributed by atoms with Gasteiger partial charge in [0.2, 0.25) is 0 Å². The fourth-order valence-corrected chi connectivity index (χ4v) is 2.50. The summed E-state index contributed by atoms with van der Waals surface area (Å²) in [6, 6.07) is 5.84. The summed E-state index contributed by atoms with van der Waals surface area (Å²) < 4.78 is 1.66. The van der Waals surface area contributed by atoms with E-state index in [1.54, 1.807) is 11.0 Å². The minimum Gasteiger partial charge on any atom is -0.385 e. The summed E-state index contributed by atoms with van der Waals surface area (Å²) in [5, 5.41) is 10.4. The Bertz CT molecular complexity index is 649. The summed E-state index contributed by atoms with van der Waals surface area (Å²) >= 11 is 0. The average molecular weight is 285 g/mol. The molecule has 0 bridgehead atoms. The number of aryl methyl sites for hydroxylation is 2. The summed E-state index contributed by atoms with van der Waals surface area (Å²) in [7, 11) is 1.83. The Hall–Kier alpha value is -2.37. The van der Waals surface area contributed by atoms with Crippen LogP contribution in [0.4, 0.5) is 5.69 Å². The number of nitrogens with zero attached hydrogens (tertiary/aromatic N) is 3. The number of amides is 1. The molecule has 21 heavy (non-hydrogen) atoms. The van der Waals surface area contributed by atoms with Gasteiger partial charge in [0.1, 0.15) is 6.33 Å². The van der Waals surface area contributed by atoms with Crippen LogP contribution in [0, 0.1) is 0 Å². The Morgan fingerprint density at radius 1 is 1.48 bits per heavy atom. The molecule has 3 rings (SSSR count). The van der Waals surface area contributed by atoms with E-state index in [1.807, 2.05) is 25.2 Å². The standard InChI is InChI=1S/C15H19N5O/c1-20-10-18-14(19-20)6-8-17-15(21)12-4-5-13-11(9-12)3-2-7-16-13/h4-5,9-10,16H,2-3,6-8H2,1H3,(H,17,21). The van der Waals surface area contributed by atoms with Gasteiger partial charge in [-0.1, -0.05) is 0 Å². The van der Waals surface area contributed by atoms with Gasteiger partial charge in [0.25, 0.3) is 5.91 Å². The summed E-state index contributed by atoms with van der Waals surface area (Å²) in [6.07, 6.45) is 4.44. The van der Waals surface area contributed by atoms with Crippen molar-refractivity contribution in [3.63, 3.8) is 0 Å². The molecule has 6 heteroatoms. The topological polar surface area (TPSA) is 71.8 Å². The van der Waals surface area contributed by atoms with Crippen LogP contribution in [0.3, 0.4) is 0 Å². The largest absolute Gasteiger partial charge is 0.385 e. The molecule has 0 fully saturated rings. The Morgan fingerprint density at radius 3 is 3.19 bits per heavy atom. The highest BCUT2D eigenvalue weighted by molar-refractivity contribution is 5.94. The normalized spacial score (nSPS) is 13.4. The molecular weight excluding hydrogens is 266 g/mol. The van der Waals surface area contributed by atoms with Crippen molar-refractivity contribution >= 4 is 11.6 Å². The van der Waals surface area contributed by atoms with Crippen molar-refractivity contribution in [1.29, 1.82) is 0 Å². The van der Waals surface area contributed by atoms with E-state index in [0.29, 0.717) is 18.5 Å². The van der Waals surface area contributed by atoms with Gasteiger partial charge in [-0.05, 0) is 36.6 Å². The number of aromatic nitrogens is 3. The lowest BCUT2D eigenvalue weighted by Crippen LogP contribution is -2.26. The quantitative estimate of drug-likeness (QED) is 0.884. The molecule has 0 aliphatic carbocycles. The second kappa shape index (κ2) is 5.95. The van der Waals surface area contributed by atoms with E-state index in [2.05, 4.69) is 20.7 Å². The van der Waals surface area contributed by atoms with Crippen LogP contribution in [-0.4, -0.2) is 33.8 Å². The molecule has 0 saturated carbocycles. The van der Waals surface area contributed by atoms with Crippen molar-refractivity contribution < 1.29 is 4.79 Å². The van der Waals surface area contributed by atoms with Gasteiger partial charge in [0.15, 0.2) is 5.82 Å². The van der Waals surface area contributed by atoms with Crippen molar-refractivity contribution in [2.24, 2.45) is 7.05 Å². The zero-order valence-corrected chi connectivity index (χ0v) is 12.1. The SMILES string of the molecule is Cn1cnc(CCNC(=O)c2ccc3c(c2)CCCN3)n1. The highest BCUT2D eigenvalue weighted by atomic mass is 16.1. The maximum absolute atomic E-state index is 12.1. The molecule has 0 spiro atoms. The second-order valence-electron chi connectivity index (χ2n) is 5.24. The van der Waals surface area contributed by atoms with Gasteiger partial charge in [-0.15, -0.1) is 0 Å². The number of carbonyl (C=O) groups is 1. The summed E-state index contributed by atoms with van der Waals surface area (Å²) in [5.74, 6) is 0.701. The molecular formula is C15H19N5O. The van der Waals surface area contributed by atoms with E-state index in [1.165, 1.54) is 5.56 Å². The average Bonchev–Trinajstić information content (AvgIpc) is 2.92. The molecule has 6 nitrogen and oxygen atoms in total. The van der Waals surface area contributed by atoms with Gasteiger partial charge >= 0.3 is 0 Å². The van der Waals surface area contributed by atoms with Gasteiger partial charge in [-0.25, -0.2) is 4.98 Å². The second-order valence-corrected chi connectivity index (χ2v) is 5.24. The maximum atomic E-state index is 12.1. The van der Waals surface area contributed by atoms with Crippen molar-refractivity contribution in [1.82, 2.24) is 20.1 Å².